The standard InChI is InChI=1S/C21H21ClN2O/c1-20(2)16-8-4-6-10-18(16)24-14-12-19(25)23-21(20,24)13-11-15-7-3-5-9-17(15)22/h3-11,13H,12,14H2,1-2H3,(H,23,25)/b13-11+/t21-/m0/s1. The van der Waals surface area contributed by atoms with Crippen molar-refractivity contribution in [1.82, 2.24) is 5.32 Å². The van der Waals surface area contributed by atoms with E-state index >= 15 is 0 Å². The Bertz CT molecular complexity index is 874. The minimum Gasteiger partial charge on any atom is -0.344 e. The first-order valence-electron chi connectivity index (χ1n) is 8.58. The Morgan fingerprint density at radius 2 is 1.84 bits per heavy atom. The quantitative estimate of drug-likeness (QED) is 0.870. The first kappa shape index (κ1) is 16.2. The van der Waals surface area contributed by atoms with Crippen molar-refractivity contribution in [3.8, 4) is 0 Å². The number of para-hydroxylation sites is 1. The van der Waals surface area contributed by atoms with Crippen LogP contribution in [0.15, 0.2) is 54.6 Å². The number of nitrogens with zero attached hydrogens (tertiary/aromatic N) is 1. The van der Waals surface area contributed by atoms with Gasteiger partial charge in [0.1, 0.15) is 5.66 Å². The molecule has 2 aliphatic heterocycles. The second-order valence-corrected chi connectivity index (χ2v) is 7.62. The number of hydrogen-bond donors (Lipinski definition) is 1. The second-order valence-electron chi connectivity index (χ2n) is 7.21. The van der Waals surface area contributed by atoms with Crippen LogP contribution < -0.4 is 10.2 Å². The summed E-state index contributed by atoms with van der Waals surface area (Å²) in [6.45, 7) is 5.09. The van der Waals surface area contributed by atoms with Crippen molar-refractivity contribution < 1.29 is 4.79 Å². The summed E-state index contributed by atoms with van der Waals surface area (Å²) in [6, 6.07) is 16.2. The predicted octanol–water partition coefficient (Wildman–Crippen LogP) is 4.37. The monoisotopic (exact) mass is 352 g/mol. The lowest BCUT2D eigenvalue weighted by Crippen LogP contribution is -2.68. The number of carbonyl (C=O) groups excluding carboxylic acids is 1. The Kier molecular flexibility index (Phi) is 3.66. The molecule has 1 atom stereocenters. The van der Waals surface area contributed by atoms with Crippen molar-refractivity contribution in [3.63, 3.8) is 0 Å². The number of amides is 1. The van der Waals surface area contributed by atoms with Gasteiger partial charge in [-0.05, 0) is 29.3 Å². The lowest BCUT2D eigenvalue weighted by molar-refractivity contribution is -0.124. The van der Waals surface area contributed by atoms with Crippen LogP contribution in [0.4, 0.5) is 5.69 Å². The molecule has 0 aliphatic carbocycles. The summed E-state index contributed by atoms with van der Waals surface area (Å²) in [5, 5.41) is 3.98. The summed E-state index contributed by atoms with van der Waals surface area (Å²) in [4.78, 5) is 14.6. The van der Waals surface area contributed by atoms with E-state index in [0.717, 1.165) is 5.56 Å². The molecule has 0 aromatic heterocycles. The smallest absolute Gasteiger partial charge is 0.223 e. The largest absolute Gasteiger partial charge is 0.344 e. The van der Waals surface area contributed by atoms with Crippen molar-refractivity contribution in [2.45, 2.75) is 31.3 Å². The molecule has 3 nitrogen and oxygen atoms in total. The SMILES string of the molecule is CC1(C)c2ccccc2N2CCC(=O)N[C@@]21/C=C/c1ccccc1Cl. The molecule has 2 heterocycles. The fourth-order valence-electron chi connectivity index (χ4n) is 4.14. The lowest BCUT2D eigenvalue weighted by atomic mass is 9.74. The number of fused-ring (bicyclic) bond motifs is 3. The molecule has 4 rings (SSSR count). The Morgan fingerprint density at radius 3 is 2.64 bits per heavy atom. The number of carbonyl (C=O) groups is 1. The summed E-state index contributed by atoms with van der Waals surface area (Å²) >= 11 is 6.32. The molecule has 1 amide bonds. The molecule has 1 N–H and O–H groups in total. The van der Waals surface area contributed by atoms with Crippen molar-refractivity contribution >= 4 is 29.3 Å². The number of nitrogens with one attached hydrogen (secondary N) is 1. The van der Waals surface area contributed by atoms with Gasteiger partial charge in [-0.3, -0.25) is 4.79 Å². The van der Waals surface area contributed by atoms with Gasteiger partial charge in [-0.25, -0.2) is 0 Å². The maximum Gasteiger partial charge on any atom is 0.223 e. The van der Waals surface area contributed by atoms with E-state index in [2.05, 4.69) is 54.4 Å². The summed E-state index contributed by atoms with van der Waals surface area (Å²) < 4.78 is 0. The average Bonchev–Trinajstić information content (AvgIpc) is 2.79. The molecule has 1 saturated heterocycles. The number of benzene rings is 2. The fraction of sp³-hybridized carbons (Fsp3) is 0.286. The molecule has 4 heteroatoms. The molecule has 0 saturated carbocycles. The number of rotatable bonds is 2. The van der Waals surface area contributed by atoms with Gasteiger partial charge in [0.05, 0.1) is 0 Å². The maximum absolute atomic E-state index is 12.3. The molecular weight excluding hydrogens is 332 g/mol. The van der Waals surface area contributed by atoms with Gasteiger partial charge >= 0.3 is 0 Å². The molecule has 128 valence electrons. The molecular formula is C21H21ClN2O. The fourth-order valence-corrected chi connectivity index (χ4v) is 4.34. The van der Waals surface area contributed by atoms with Gasteiger partial charge < -0.3 is 10.2 Å². The van der Waals surface area contributed by atoms with E-state index in [9.17, 15) is 4.79 Å². The molecule has 1 fully saturated rings. The highest BCUT2D eigenvalue weighted by Crippen LogP contribution is 2.52. The van der Waals surface area contributed by atoms with E-state index < -0.39 is 5.66 Å². The summed E-state index contributed by atoms with van der Waals surface area (Å²) in [5.41, 5.74) is 2.53. The molecule has 0 spiro atoms. The summed E-state index contributed by atoms with van der Waals surface area (Å²) in [5.74, 6) is 0.0842. The van der Waals surface area contributed by atoms with Gasteiger partial charge in [0.25, 0.3) is 0 Å². The van der Waals surface area contributed by atoms with Crippen LogP contribution in [0.25, 0.3) is 6.08 Å². The Hall–Kier alpha value is -2.26. The number of halogens is 1. The normalized spacial score (nSPS) is 24.1. The van der Waals surface area contributed by atoms with Crippen LogP contribution in [-0.2, 0) is 10.2 Å². The Morgan fingerprint density at radius 1 is 1.12 bits per heavy atom. The zero-order valence-corrected chi connectivity index (χ0v) is 15.2. The first-order chi connectivity index (χ1) is 12.0. The van der Waals surface area contributed by atoms with Crippen LogP contribution in [0.3, 0.4) is 0 Å². The van der Waals surface area contributed by atoms with E-state index in [-0.39, 0.29) is 11.3 Å². The third kappa shape index (κ3) is 2.30. The molecule has 0 bridgehead atoms. The zero-order valence-electron chi connectivity index (χ0n) is 14.4. The van der Waals surface area contributed by atoms with Crippen molar-refractivity contribution in [1.29, 1.82) is 0 Å². The van der Waals surface area contributed by atoms with E-state index in [1.165, 1.54) is 11.3 Å². The number of hydrogen-bond acceptors (Lipinski definition) is 2. The molecule has 25 heavy (non-hydrogen) atoms. The van der Waals surface area contributed by atoms with Crippen molar-refractivity contribution in [3.05, 3.63) is 70.8 Å². The molecule has 2 aromatic carbocycles. The topological polar surface area (TPSA) is 32.3 Å². The van der Waals surface area contributed by atoms with E-state index in [1.54, 1.807) is 0 Å². The van der Waals surface area contributed by atoms with E-state index in [4.69, 9.17) is 11.6 Å². The van der Waals surface area contributed by atoms with Crippen molar-refractivity contribution in [2.24, 2.45) is 0 Å². The van der Waals surface area contributed by atoms with Gasteiger partial charge in [-0.2, -0.15) is 0 Å². The van der Waals surface area contributed by atoms with Crippen LogP contribution in [0.1, 0.15) is 31.4 Å². The minimum atomic E-state index is -0.592. The minimum absolute atomic E-state index is 0.0842. The van der Waals surface area contributed by atoms with Crippen LogP contribution >= 0.6 is 11.6 Å². The maximum atomic E-state index is 12.3. The van der Waals surface area contributed by atoms with Crippen LogP contribution in [0.5, 0.6) is 0 Å². The summed E-state index contributed by atoms with van der Waals surface area (Å²) in [6.07, 6.45) is 4.63. The van der Waals surface area contributed by atoms with Gasteiger partial charge in [0.2, 0.25) is 5.91 Å². The molecule has 2 aliphatic rings. The number of anilines is 1. The lowest BCUT2D eigenvalue weighted by Gasteiger charge is -2.49. The Balaban J connectivity index is 1.86. The Labute approximate surface area is 153 Å². The average molecular weight is 353 g/mol. The van der Waals surface area contributed by atoms with Gasteiger partial charge in [-0.15, -0.1) is 0 Å². The highest BCUT2D eigenvalue weighted by Gasteiger charge is 2.57. The third-order valence-electron chi connectivity index (χ3n) is 5.55. The zero-order chi connectivity index (χ0) is 17.7. The van der Waals surface area contributed by atoms with Gasteiger partial charge in [0.15, 0.2) is 0 Å². The van der Waals surface area contributed by atoms with Crippen molar-refractivity contribution in [2.75, 3.05) is 11.4 Å². The predicted molar refractivity (Wildman–Crippen MR) is 103 cm³/mol. The highest BCUT2D eigenvalue weighted by molar-refractivity contribution is 6.32. The van der Waals surface area contributed by atoms with Gasteiger partial charge in [0, 0.05) is 29.1 Å². The first-order valence-corrected chi connectivity index (χ1v) is 8.95. The summed E-state index contributed by atoms with van der Waals surface area (Å²) in [7, 11) is 0. The molecule has 0 unspecified atom stereocenters. The molecule has 2 aromatic rings. The van der Waals surface area contributed by atoms with Crippen LogP contribution in [-0.4, -0.2) is 18.1 Å². The second kappa shape index (κ2) is 5.63. The van der Waals surface area contributed by atoms with Gasteiger partial charge in [-0.1, -0.05) is 67.9 Å². The third-order valence-corrected chi connectivity index (χ3v) is 5.89. The van der Waals surface area contributed by atoms with E-state index in [1.807, 2.05) is 30.3 Å². The molecule has 0 radical (unpaired) electrons. The highest BCUT2D eigenvalue weighted by atomic mass is 35.5. The van der Waals surface area contributed by atoms with E-state index in [0.29, 0.717) is 18.0 Å². The van der Waals surface area contributed by atoms with Crippen LogP contribution in [0.2, 0.25) is 5.02 Å². The van der Waals surface area contributed by atoms with Crippen LogP contribution in [0, 0.1) is 0 Å².